The Bertz CT molecular complexity index is 1120. The van der Waals surface area contributed by atoms with E-state index in [4.69, 9.17) is 5.73 Å². The van der Waals surface area contributed by atoms with Crippen LogP contribution < -0.4 is 20.7 Å². The molecule has 3 heterocycles. The Balaban J connectivity index is 1.26. The van der Waals surface area contributed by atoms with Gasteiger partial charge in [0.15, 0.2) is 11.6 Å². The molecule has 9 nitrogen and oxygen atoms in total. The van der Waals surface area contributed by atoms with Crippen LogP contribution in [0.2, 0.25) is 0 Å². The average molecular weight is 494 g/mol. The monoisotopic (exact) mass is 493 g/mol. The summed E-state index contributed by atoms with van der Waals surface area (Å²) in [5, 5.41) is 20.3. The second-order valence-corrected chi connectivity index (χ2v) is 8.96. The molecule has 1 aromatic carbocycles. The Morgan fingerprint density at radius 2 is 1.94 bits per heavy atom. The van der Waals surface area contributed by atoms with Crippen molar-refractivity contribution in [1.29, 1.82) is 0 Å². The summed E-state index contributed by atoms with van der Waals surface area (Å²) in [6, 6.07) is 8.72. The maximum atomic E-state index is 12.4. The van der Waals surface area contributed by atoms with Crippen LogP contribution >= 0.6 is 11.3 Å². The van der Waals surface area contributed by atoms with Crippen LogP contribution in [0.25, 0.3) is 0 Å². The third kappa shape index (κ3) is 6.76. The van der Waals surface area contributed by atoms with Crippen molar-refractivity contribution in [3.63, 3.8) is 0 Å². The molecule has 180 valence electrons. The highest BCUT2D eigenvalue weighted by Gasteiger charge is 2.31. The molecular formula is C21H22F3N7O2S. The molecule has 1 amide bonds. The SMILES string of the molecule is Nc1nnc(CC2CCN(c3ccc(NC(=O)Cc4cccc(OC(F)(F)F)c4)nn3)CC2)s1. The number of amides is 1. The summed E-state index contributed by atoms with van der Waals surface area (Å²) < 4.78 is 41.0. The highest BCUT2D eigenvalue weighted by molar-refractivity contribution is 7.15. The van der Waals surface area contributed by atoms with E-state index in [1.807, 2.05) is 0 Å². The summed E-state index contributed by atoms with van der Waals surface area (Å²) in [4.78, 5) is 14.4. The lowest BCUT2D eigenvalue weighted by atomic mass is 9.94. The number of aromatic nitrogens is 4. The molecule has 13 heteroatoms. The largest absolute Gasteiger partial charge is 0.573 e. The quantitative estimate of drug-likeness (QED) is 0.514. The summed E-state index contributed by atoms with van der Waals surface area (Å²) in [6.45, 7) is 1.66. The topological polar surface area (TPSA) is 119 Å². The number of hydrogen-bond donors (Lipinski definition) is 2. The summed E-state index contributed by atoms with van der Waals surface area (Å²) in [5.41, 5.74) is 6.02. The number of carbonyl (C=O) groups excluding carboxylic acids is 1. The lowest BCUT2D eigenvalue weighted by Gasteiger charge is -2.32. The zero-order valence-corrected chi connectivity index (χ0v) is 18.8. The van der Waals surface area contributed by atoms with Crippen LogP contribution in [0.3, 0.4) is 0 Å². The molecule has 0 spiro atoms. The molecule has 2 aromatic heterocycles. The standard InChI is InChI=1S/C21H22F3N7O2S/c22-21(23,24)33-15-3-1-2-14(10-15)11-18(32)26-16-4-5-17(28-27-16)31-8-6-13(7-9-31)12-19-29-30-20(25)34-19/h1-5,10,13H,6-9,11-12H2,(H2,25,30)(H,26,27,32). The Morgan fingerprint density at radius 1 is 1.15 bits per heavy atom. The van der Waals surface area contributed by atoms with Gasteiger partial charge in [0.25, 0.3) is 0 Å². The van der Waals surface area contributed by atoms with Crippen molar-refractivity contribution < 1.29 is 22.7 Å². The number of rotatable bonds is 7. The third-order valence-electron chi connectivity index (χ3n) is 5.30. The van der Waals surface area contributed by atoms with Gasteiger partial charge in [-0.2, -0.15) is 0 Å². The molecule has 3 aromatic rings. The van der Waals surface area contributed by atoms with E-state index >= 15 is 0 Å². The van der Waals surface area contributed by atoms with Crippen molar-refractivity contribution in [2.75, 3.05) is 29.0 Å². The molecule has 0 bridgehead atoms. The molecule has 1 saturated heterocycles. The lowest BCUT2D eigenvalue weighted by Crippen LogP contribution is -2.35. The number of nitrogen functional groups attached to an aromatic ring is 1. The molecule has 0 radical (unpaired) electrons. The van der Waals surface area contributed by atoms with E-state index in [9.17, 15) is 18.0 Å². The first-order chi connectivity index (χ1) is 16.2. The van der Waals surface area contributed by atoms with Crippen molar-refractivity contribution in [2.45, 2.75) is 32.0 Å². The van der Waals surface area contributed by atoms with Crippen molar-refractivity contribution in [1.82, 2.24) is 20.4 Å². The minimum atomic E-state index is -4.79. The normalized spacial score (nSPS) is 14.7. The predicted molar refractivity (Wildman–Crippen MR) is 120 cm³/mol. The fourth-order valence-corrected chi connectivity index (χ4v) is 4.47. The number of alkyl halides is 3. The highest BCUT2D eigenvalue weighted by Crippen LogP contribution is 2.26. The number of benzene rings is 1. The van der Waals surface area contributed by atoms with Crippen LogP contribution in [-0.4, -0.2) is 45.8 Å². The number of hydrogen-bond acceptors (Lipinski definition) is 9. The zero-order valence-electron chi connectivity index (χ0n) is 18.0. The zero-order chi connectivity index (χ0) is 24.1. The number of nitrogens with zero attached hydrogens (tertiary/aromatic N) is 5. The van der Waals surface area contributed by atoms with Gasteiger partial charge in [0.05, 0.1) is 6.42 Å². The second kappa shape index (κ2) is 10.2. The number of ether oxygens (including phenoxy) is 1. The van der Waals surface area contributed by atoms with Crippen LogP contribution in [0.15, 0.2) is 36.4 Å². The third-order valence-corrected chi connectivity index (χ3v) is 6.07. The van der Waals surface area contributed by atoms with Gasteiger partial charge in [0.2, 0.25) is 11.0 Å². The second-order valence-electron chi connectivity index (χ2n) is 7.87. The predicted octanol–water partition coefficient (Wildman–Crippen LogP) is 3.45. The Morgan fingerprint density at radius 3 is 2.59 bits per heavy atom. The van der Waals surface area contributed by atoms with Gasteiger partial charge >= 0.3 is 6.36 Å². The van der Waals surface area contributed by atoms with Gasteiger partial charge in [-0.15, -0.1) is 33.6 Å². The summed E-state index contributed by atoms with van der Waals surface area (Å²) in [7, 11) is 0. The van der Waals surface area contributed by atoms with Crippen LogP contribution in [0.5, 0.6) is 5.75 Å². The number of carbonyl (C=O) groups is 1. The van der Waals surface area contributed by atoms with E-state index in [0.29, 0.717) is 22.4 Å². The molecule has 4 rings (SSSR count). The number of piperidine rings is 1. The summed E-state index contributed by atoms with van der Waals surface area (Å²) in [6.07, 6.45) is -2.09. The van der Waals surface area contributed by atoms with E-state index in [1.165, 1.54) is 29.5 Å². The van der Waals surface area contributed by atoms with Gasteiger partial charge in [-0.25, -0.2) is 0 Å². The van der Waals surface area contributed by atoms with Gasteiger partial charge in [0, 0.05) is 19.5 Å². The van der Waals surface area contributed by atoms with Crippen LogP contribution in [0.4, 0.5) is 29.9 Å². The molecule has 1 aliphatic rings. The molecule has 3 N–H and O–H groups in total. The van der Waals surface area contributed by atoms with Gasteiger partial charge in [-0.3, -0.25) is 4.79 Å². The van der Waals surface area contributed by atoms with Crippen LogP contribution in [0.1, 0.15) is 23.4 Å². The van der Waals surface area contributed by atoms with Gasteiger partial charge in [0.1, 0.15) is 10.8 Å². The number of halogens is 3. The smallest absolute Gasteiger partial charge is 0.406 e. The summed E-state index contributed by atoms with van der Waals surface area (Å²) >= 11 is 1.42. The van der Waals surface area contributed by atoms with E-state index in [-0.39, 0.29) is 18.0 Å². The van der Waals surface area contributed by atoms with Crippen LogP contribution in [-0.2, 0) is 17.6 Å². The molecule has 0 aliphatic carbocycles. The minimum Gasteiger partial charge on any atom is -0.406 e. The van der Waals surface area contributed by atoms with E-state index in [1.54, 1.807) is 18.2 Å². The molecule has 34 heavy (non-hydrogen) atoms. The molecular weight excluding hydrogens is 471 g/mol. The number of anilines is 3. The Hall–Kier alpha value is -3.48. The number of nitrogens with one attached hydrogen (secondary N) is 1. The molecule has 0 saturated carbocycles. The van der Waals surface area contributed by atoms with Crippen molar-refractivity contribution in [3.8, 4) is 5.75 Å². The maximum Gasteiger partial charge on any atom is 0.573 e. The van der Waals surface area contributed by atoms with Gasteiger partial charge in [-0.1, -0.05) is 23.5 Å². The highest BCUT2D eigenvalue weighted by atomic mass is 32.1. The van der Waals surface area contributed by atoms with E-state index < -0.39 is 12.3 Å². The molecule has 0 atom stereocenters. The Labute approximate surface area is 197 Å². The van der Waals surface area contributed by atoms with E-state index in [0.717, 1.165) is 37.4 Å². The fourth-order valence-electron chi connectivity index (χ4n) is 3.75. The van der Waals surface area contributed by atoms with Crippen molar-refractivity contribution in [2.24, 2.45) is 5.92 Å². The van der Waals surface area contributed by atoms with Gasteiger partial charge < -0.3 is 20.7 Å². The van der Waals surface area contributed by atoms with Gasteiger partial charge in [-0.05, 0) is 48.6 Å². The lowest BCUT2D eigenvalue weighted by molar-refractivity contribution is -0.274. The van der Waals surface area contributed by atoms with Crippen molar-refractivity contribution >= 4 is 34.0 Å². The number of nitrogens with two attached hydrogens (primary N) is 1. The van der Waals surface area contributed by atoms with E-state index in [2.05, 4.69) is 35.3 Å². The maximum absolute atomic E-state index is 12.4. The van der Waals surface area contributed by atoms with Crippen LogP contribution in [0, 0.1) is 5.92 Å². The first kappa shape index (κ1) is 23.7. The first-order valence-corrected chi connectivity index (χ1v) is 11.4. The minimum absolute atomic E-state index is 0.133. The molecule has 1 fully saturated rings. The molecule has 1 aliphatic heterocycles. The Kier molecular flexibility index (Phi) is 7.10. The first-order valence-electron chi connectivity index (χ1n) is 10.5. The summed E-state index contributed by atoms with van der Waals surface area (Å²) in [5.74, 6) is 0.687. The fraction of sp³-hybridized carbons (Fsp3) is 0.381. The van der Waals surface area contributed by atoms with Crippen molar-refractivity contribution in [3.05, 3.63) is 47.0 Å². The molecule has 0 unspecified atom stereocenters. The average Bonchev–Trinajstić information content (AvgIpc) is 3.18.